The fourth-order valence-corrected chi connectivity index (χ4v) is 7.69. The average Bonchev–Trinajstić information content (AvgIpc) is 3.28. The summed E-state index contributed by atoms with van der Waals surface area (Å²) in [6.07, 6.45) is 0. The Morgan fingerprint density at radius 3 is 1.86 bits per heavy atom. The van der Waals surface area contributed by atoms with E-state index in [9.17, 15) is 0 Å². The van der Waals surface area contributed by atoms with Gasteiger partial charge in [0, 0.05) is 25.7 Å². The molecule has 0 aliphatic rings. The SMILES string of the molecule is Cc1cccc(C)c1-c1ccc2c(c1)c1cc(-c3c(C)cccc3C)c3ccccc3c1n2-c1cc(Cl)cc(Br)c1Cl. The molecule has 4 heteroatoms. The van der Waals surface area contributed by atoms with Crippen molar-refractivity contribution in [3.63, 3.8) is 0 Å². The summed E-state index contributed by atoms with van der Waals surface area (Å²) in [4.78, 5) is 0. The lowest BCUT2D eigenvalue weighted by molar-refractivity contribution is 1.18. The standard InChI is InChI=1S/C38H28BrCl2N/c1-21-9-7-10-22(2)35(21)25-15-16-33-29(17-25)31-20-30(36-23(3)11-8-12-24(36)4)27-13-5-6-14-28(27)38(31)42(33)34-19-26(40)18-32(39)37(34)41/h5-20H,1-4H3. The highest BCUT2D eigenvalue weighted by Crippen LogP contribution is 2.45. The number of rotatable bonds is 3. The molecule has 0 radical (unpaired) electrons. The molecule has 6 aromatic carbocycles. The molecule has 0 saturated carbocycles. The lowest BCUT2D eigenvalue weighted by Crippen LogP contribution is -1.97. The number of halogens is 3. The van der Waals surface area contributed by atoms with Gasteiger partial charge in [-0.15, -0.1) is 0 Å². The van der Waals surface area contributed by atoms with Crippen molar-refractivity contribution in [3.8, 4) is 27.9 Å². The van der Waals surface area contributed by atoms with E-state index in [2.05, 4.69) is 133 Å². The number of hydrogen-bond donors (Lipinski definition) is 0. The van der Waals surface area contributed by atoms with Crippen LogP contribution >= 0.6 is 39.1 Å². The van der Waals surface area contributed by atoms with E-state index in [0.29, 0.717) is 10.0 Å². The molecule has 1 nitrogen and oxygen atoms in total. The molecule has 0 unspecified atom stereocenters. The molecule has 0 amide bonds. The average molecular weight is 649 g/mol. The van der Waals surface area contributed by atoms with E-state index >= 15 is 0 Å². The summed E-state index contributed by atoms with van der Waals surface area (Å²) >= 11 is 17.3. The Morgan fingerprint density at radius 1 is 0.571 bits per heavy atom. The highest BCUT2D eigenvalue weighted by Gasteiger charge is 2.22. The largest absolute Gasteiger partial charge is 0.307 e. The lowest BCUT2D eigenvalue weighted by atomic mass is 9.89. The summed E-state index contributed by atoms with van der Waals surface area (Å²) < 4.78 is 3.06. The van der Waals surface area contributed by atoms with Gasteiger partial charge in [-0.3, -0.25) is 0 Å². The number of nitrogens with zero attached hydrogens (tertiary/aromatic N) is 1. The zero-order chi connectivity index (χ0) is 29.3. The zero-order valence-corrected chi connectivity index (χ0v) is 26.9. The lowest BCUT2D eigenvalue weighted by Gasteiger charge is -2.16. The predicted octanol–water partition coefficient (Wildman–Crippen LogP) is 12.6. The van der Waals surface area contributed by atoms with Crippen molar-refractivity contribution in [2.45, 2.75) is 27.7 Å². The van der Waals surface area contributed by atoms with E-state index in [1.807, 2.05) is 12.1 Å². The predicted molar refractivity (Wildman–Crippen MR) is 186 cm³/mol. The van der Waals surface area contributed by atoms with Crippen LogP contribution in [0.3, 0.4) is 0 Å². The Balaban J connectivity index is 1.71. The summed E-state index contributed by atoms with van der Waals surface area (Å²) in [5.74, 6) is 0. The van der Waals surface area contributed by atoms with Crippen LogP contribution in [-0.4, -0.2) is 4.57 Å². The maximum absolute atomic E-state index is 7.02. The first-order chi connectivity index (χ1) is 20.2. The van der Waals surface area contributed by atoms with Crippen LogP contribution in [0.4, 0.5) is 0 Å². The van der Waals surface area contributed by atoms with E-state index < -0.39 is 0 Å². The second-order valence-electron chi connectivity index (χ2n) is 11.2. The Labute approximate surface area is 264 Å². The molecule has 0 aliphatic heterocycles. The fraction of sp³-hybridized carbons (Fsp3) is 0.105. The smallest absolute Gasteiger partial charge is 0.0789 e. The van der Waals surface area contributed by atoms with Gasteiger partial charge in [0.2, 0.25) is 0 Å². The minimum absolute atomic E-state index is 0.625. The molecule has 0 bridgehead atoms. The topological polar surface area (TPSA) is 4.93 Å². The van der Waals surface area contributed by atoms with Crippen LogP contribution in [0.15, 0.2) is 102 Å². The van der Waals surface area contributed by atoms with Gasteiger partial charge in [0.1, 0.15) is 0 Å². The molecule has 0 fully saturated rings. The number of fused-ring (bicyclic) bond motifs is 5. The minimum atomic E-state index is 0.625. The molecule has 0 saturated heterocycles. The molecule has 0 atom stereocenters. The normalized spacial score (nSPS) is 11.7. The Bertz CT molecular complexity index is 2180. The first-order valence-electron chi connectivity index (χ1n) is 14.0. The first-order valence-corrected chi connectivity index (χ1v) is 15.6. The van der Waals surface area contributed by atoms with Gasteiger partial charge in [-0.25, -0.2) is 0 Å². The Hall–Kier alpha value is -3.56. The van der Waals surface area contributed by atoms with Gasteiger partial charge < -0.3 is 4.57 Å². The summed E-state index contributed by atoms with van der Waals surface area (Å²) in [5, 5.41) is 5.99. The van der Waals surface area contributed by atoms with Gasteiger partial charge >= 0.3 is 0 Å². The van der Waals surface area contributed by atoms with Gasteiger partial charge in [0.15, 0.2) is 0 Å². The van der Waals surface area contributed by atoms with E-state index in [1.165, 1.54) is 66.1 Å². The van der Waals surface area contributed by atoms with Crippen LogP contribution in [0.5, 0.6) is 0 Å². The van der Waals surface area contributed by atoms with Crippen molar-refractivity contribution in [3.05, 3.63) is 134 Å². The number of aromatic nitrogens is 1. The van der Waals surface area contributed by atoms with E-state index in [-0.39, 0.29) is 0 Å². The molecular weight excluding hydrogens is 621 g/mol. The van der Waals surface area contributed by atoms with Gasteiger partial charge in [0.25, 0.3) is 0 Å². The number of benzene rings is 6. The molecule has 206 valence electrons. The molecule has 0 aliphatic carbocycles. The maximum Gasteiger partial charge on any atom is 0.0789 e. The number of hydrogen-bond acceptors (Lipinski definition) is 0. The third-order valence-electron chi connectivity index (χ3n) is 8.50. The second-order valence-corrected chi connectivity index (χ2v) is 12.9. The third-order valence-corrected chi connectivity index (χ3v) is 9.97. The van der Waals surface area contributed by atoms with Gasteiger partial charge in [-0.2, -0.15) is 0 Å². The molecule has 0 N–H and O–H groups in total. The van der Waals surface area contributed by atoms with Crippen molar-refractivity contribution >= 4 is 71.7 Å². The van der Waals surface area contributed by atoms with Crippen molar-refractivity contribution in [2.75, 3.05) is 0 Å². The number of aryl methyl sites for hydroxylation is 4. The Kier molecular flexibility index (Phi) is 6.70. The highest BCUT2D eigenvalue weighted by molar-refractivity contribution is 9.10. The third kappa shape index (κ3) is 4.20. The van der Waals surface area contributed by atoms with Crippen LogP contribution in [0.2, 0.25) is 10.0 Å². The molecule has 7 rings (SSSR count). The molecule has 1 heterocycles. The van der Waals surface area contributed by atoms with Gasteiger partial charge in [0.05, 0.1) is 21.7 Å². The van der Waals surface area contributed by atoms with Crippen molar-refractivity contribution in [2.24, 2.45) is 0 Å². The van der Waals surface area contributed by atoms with Crippen molar-refractivity contribution in [1.29, 1.82) is 0 Å². The monoisotopic (exact) mass is 647 g/mol. The van der Waals surface area contributed by atoms with E-state index in [1.54, 1.807) is 0 Å². The molecule has 1 aromatic heterocycles. The molecular formula is C38H28BrCl2N. The van der Waals surface area contributed by atoms with Crippen molar-refractivity contribution < 1.29 is 0 Å². The van der Waals surface area contributed by atoms with Crippen LogP contribution in [0.25, 0.3) is 60.5 Å². The molecule has 7 aromatic rings. The van der Waals surface area contributed by atoms with Crippen molar-refractivity contribution in [1.82, 2.24) is 4.57 Å². The van der Waals surface area contributed by atoms with Gasteiger partial charge in [-0.1, -0.05) is 89.9 Å². The second kappa shape index (κ2) is 10.3. The fourth-order valence-electron chi connectivity index (χ4n) is 6.70. The first kappa shape index (κ1) is 27.3. The van der Waals surface area contributed by atoms with Crippen LogP contribution in [0, 0.1) is 27.7 Å². The summed E-state index contributed by atoms with van der Waals surface area (Å²) in [6.45, 7) is 8.77. The highest BCUT2D eigenvalue weighted by atomic mass is 79.9. The molecule has 42 heavy (non-hydrogen) atoms. The Morgan fingerprint density at radius 2 is 1.19 bits per heavy atom. The van der Waals surface area contributed by atoms with Crippen LogP contribution in [-0.2, 0) is 0 Å². The summed E-state index contributed by atoms with van der Waals surface area (Å²) in [5.41, 5.74) is 13.1. The summed E-state index contributed by atoms with van der Waals surface area (Å²) in [6, 6.07) is 34.7. The maximum atomic E-state index is 7.02. The quantitative estimate of drug-likeness (QED) is 0.168. The van der Waals surface area contributed by atoms with Crippen LogP contribution < -0.4 is 0 Å². The van der Waals surface area contributed by atoms with Crippen LogP contribution in [0.1, 0.15) is 22.3 Å². The summed E-state index contributed by atoms with van der Waals surface area (Å²) in [7, 11) is 0. The van der Waals surface area contributed by atoms with E-state index in [4.69, 9.17) is 23.2 Å². The minimum Gasteiger partial charge on any atom is -0.307 e. The van der Waals surface area contributed by atoms with E-state index in [0.717, 1.165) is 21.2 Å². The molecule has 0 spiro atoms. The van der Waals surface area contributed by atoms with Gasteiger partial charge in [-0.05, 0) is 124 Å². The zero-order valence-electron chi connectivity index (χ0n) is 23.8.